The Labute approximate surface area is 127 Å². The van der Waals surface area contributed by atoms with E-state index < -0.39 is 0 Å². The van der Waals surface area contributed by atoms with Crippen molar-refractivity contribution in [2.45, 2.75) is 37.8 Å². The largest absolute Gasteiger partial charge is 0.497 e. The zero-order chi connectivity index (χ0) is 15.4. The molecular weight excluding hydrogens is 264 g/mol. The summed E-state index contributed by atoms with van der Waals surface area (Å²) in [6.07, 6.45) is 4.71. The lowest BCUT2D eigenvalue weighted by molar-refractivity contribution is 0.0544. The zero-order valence-electron chi connectivity index (χ0n) is 13.5. The van der Waals surface area contributed by atoms with Gasteiger partial charge in [0.05, 0.1) is 7.11 Å². The van der Waals surface area contributed by atoms with Crippen molar-refractivity contribution in [3.63, 3.8) is 0 Å². The van der Waals surface area contributed by atoms with Gasteiger partial charge in [-0.15, -0.1) is 0 Å². The molecule has 0 heterocycles. The van der Waals surface area contributed by atoms with Crippen molar-refractivity contribution in [3.8, 4) is 5.75 Å². The van der Waals surface area contributed by atoms with Crippen LogP contribution in [0.5, 0.6) is 5.75 Å². The van der Waals surface area contributed by atoms with Crippen LogP contribution in [-0.2, 0) is 0 Å². The number of hydrogen-bond acceptors (Lipinski definition) is 3. The first kappa shape index (κ1) is 15.8. The summed E-state index contributed by atoms with van der Waals surface area (Å²) in [7, 11) is 7.77. The van der Waals surface area contributed by atoms with Crippen LogP contribution in [0.15, 0.2) is 24.3 Å². The minimum absolute atomic E-state index is 0.0939. The van der Waals surface area contributed by atoms with Gasteiger partial charge in [-0.05, 0) is 51.2 Å². The lowest BCUT2D eigenvalue weighted by atomic mass is 9.88. The van der Waals surface area contributed by atoms with Crippen LogP contribution in [0.1, 0.15) is 36.0 Å². The van der Waals surface area contributed by atoms with Crippen LogP contribution in [-0.4, -0.2) is 56.0 Å². The standard InChI is InChI=1S/C17H26N2O2/c1-18(2)15-7-5-6-8-16(15)19(3)17(20)13-9-11-14(21-4)12-10-13/h9-12,15-16H,5-8H2,1-4H3. The minimum atomic E-state index is 0.0939. The molecule has 116 valence electrons. The Balaban J connectivity index is 2.12. The summed E-state index contributed by atoms with van der Waals surface area (Å²) in [4.78, 5) is 16.9. The molecule has 1 aliphatic rings. The Morgan fingerprint density at radius 2 is 1.62 bits per heavy atom. The topological polar surface area (TPSA) is 32.8 Å². The summed E-state index contributed by atoms with van der Waals surface area (Å²) >= 11 is 0. The molecule has 2 rings (SSSR count). The Morgan fingerprint density at radius 1 is 1.05 bits per heavy atom. The zero-order valence-corrected chi connectivity index (χ0v) is 13.5. The predicted octanol–water partition coefficient (Wildman–Crippen LogP) is 2.64. The smallest absolute Gasteiger partial charge is 0.253 e. The van der Waals surface area contributed by atoms with Crippen molar-refractivity contribution < 1.29 is 9.53 Å². The molecule has 1 saturated carbocycles. The van der Waals surface area contributed by atoms with Crippen molar-refractivity contribution in [1.82, 2.24) is 9.80 Å². The monoisotopic (exact) mass is 290 g/mol. The molecule has 1 fully saturated rings. The summed E-state index contributed by atoms with van der Waals surface area (Å²) in [6.45, 7) is 0. The highest BCUT2D eigenvalue weighted by Gasteiger charge is 2.32. The van der Waals surface area contributed by atoms with Gasteiger partial charge in [0.15, 0.2) is 0 Å². The van der Waals surface area contributed by atoms with Gasteiger partial charge >= 0.3 is 0 Å². The maximum Gasteiger partial charge on any atom is 0.253 e. The minimum Gasteiger partial charge on any atom is -0.497 e. The van der Waals surface area contributed by atoms with Crippen molar-refractivity contribution in [2.75, 3.05) is 28.3 Å². The van der Waals surface area contributed by atoms with Crippen LogP contribution in [0.3, 0.4) is 0 Å². The van der Waals surface area contributed by atoms with Crippen molar-refractivity contribution in [3.05, 3.63) is 29.8 Å². The number of benzene rings is 1. The number of amides is 1. The Morgan fingerprint density at radius 3 is 2.14 bits per heavy atom. The maximum absolute atomic E-state index is 12.7. The third-order valence-electron chi connectivity index (χ3n) is 4.51. The fourth-order valence-corrected chi connectivity index (χ4v) is 3.23. The van der Waals surface area contributed by atoms with Crippen molar-refractivity contribution in [1.29, 1.82) is 0 Å². The maximum atomic E-state index is 12.7. The lowest BCUT2D eigenvalue weighted by Crippen LogP contribution is -2.51. The van der Waals surface area contributed by atoms with Gasteiger partial charge in [-0.3, -0.25) is 4.79 Å². The van der Waals surface area contributed by atoms with E-state index in [4.69, 9.17) is 4.74 Å². The molecular formula is C17H26N2O2. The molecule has 1 aromatic carbocycles. The van der Waals surface area contributed by atoms with Gasteiger partial charge in [0, 0.05) is 24.7 Å². The summed E-state index contributed by atoms with van der Waals surface area (Å²) in [5.41, 5.74) is 0.723. The highest BCUT2D eigenvalue weighted by molar-refractivity contribution is 5.94. The molecule has 2 unspecified atom stereocenters. The molecule has 0 aliphatic heterocycles. The highest BCUT2D eigenvalue weighted by Crippen LogP contribution is 2.26. The van der Waals surface area contributed by atoms with Gasteiger partial charge in [-0.1, -0.05) is 12.8 Å². The second kappa shape index (κ2) is 6.94. The van der Waals surface area contributed by atoms with Crippen LogP contribution in [0.25, 0.3) is 0 Å². The summed E-state index contributed by atoms with van der Waals surface area (Å²) < 4.78 is 5.14. The number of carbonyl (C=O) groups is 1. The van der Waals surface area contributed by atoms with Crippen LogP contribution in [0.4, 0.5) is 0 Å². The molecule has 0 saturated heterocycles. The SMILES string of the molecule is COc1ccc(C(=O)N(C)C2CCCCC2N(C)C)cc1. The number of ether oxygens (including phenoxy) is 1. The number of rotatable bonds is 4. The number of methoxy groups -OCH3 is 1. The third kappa shape index (κ3) is 3.56. The van der Waals surface area contributed by atoms with Crippen molar-refractivity contribution >= 4 is 5.91 Å². The molecule has 0 N–H and O–H groups in total. The van der Waals surface area contributed by atoms with Crippen molar-refractivity contribution in [2.24, 2.45) is 0 Å². The molecule has 1 aliphatic carbocycles. The van der Waals surface area contributed by atoms with E-state index in [0.29, 0.717) is 12.1 Å². The molecule has 4 heteroatoms. The summed E-state index contributed by atoms with van der Waals surface area (Å²) in [5.74, 6) is 0.870. The van der Waals surface area contributed by atoms with E-state index in [1.165, 1.54) is 12.8 Å². The predicted molar refractivity (Wildman–Crippen MR) is 84.8 cm³/mol. The normalized spacial score (nSPS) is 22.1. The van der Waals surface area contributed by atoms with Gasteiger partial charge in [-0.25, -0.2) is 0 Å². The molecule has 0 aromatic heterocycles. The lowest BCUT2D eigenvalue weighted by Gasteiger charge is -2.41. The van der Waals surface area contributed by atoms with E-state index in [9.17, 15) is 4.79 Å². The van der Waals surface area contributed by atoms with E-state index in [1.54, 1.807) is 7.11 Å². The van der Waals surface area contributed by atoms with E-state index in [2.05, 4.69) is 19.0 Å². The Bertz CT molecular complexity index is 470. The van der Waals surface area contributed by atoms with E-state index in [1.807, 2.05) is 36.2 Å². The number of hydrogen-bond donors (Lipinski definition) is 0. The Kier molecular flexibility index (Phi) is 5.23. The second-order valence-corrected chi connectivity index (χ2v) is 6.03. The number of nitrogens with zero attached hydrogens (tertiary/aromatic N) is 2. The fourth-order valence-electron chi connectivity index (χ4n) is 3.23. The van der Waals surface area contributed by atoms with Crippen LogP contribution in [0.2, 0.25) is 0 Å². The molecule has 21 heavy (non-hydrogen) atoms. The average Bonchev–Trinajstić information content (AvgIpc) is 2.53. The van der Waals surface area contributed by atoms with Gasteiger partial charge in [0.1, 0.15) is 5.75 Å². The summed E-state index contributed by atoms with van der Waals surface area (Å²) in [5, 5.41) is 0. The van der Waals surface area contributed by atoms with Gasteiger partial charge in [-0.2, -0.15) is 0 Å². The molecule has 4 nitrogen and oxygen atoms in total. The van der Waals surface area contributed by atoms with Crippen LogP contribution in [0, 0.1) is 0 Å². The second-order valence-electron chi connectivity index (χ2n) is 6.03. The first-order valence-electron chi connectivity index (χ1n) is 7.62. The fraction of sp³-hybridized carbons (Fsp3) is 0.588. The van der Waals surface area contributed by atoms with E-state index in [0.717, 1.165) is 24.2 Å². The number of likely N-dealkylation sites (N-methyl/N-ethyl adjacent to an activating group) is 2. The molecule has 2 atom stereocenters. The van der Waals surface area contributed by atoms with Crippen LogP contribution < -0.4 is 4.74 Å². The number of carbonyl (C=O) groups excluding carboxylic acids is 1. The summed E-state index contributed by atoms with van der Waals surface area (Å²) in [6, 6.07) is 8.10. The molecule has 1 aromatic rings. The molecule has 1 amide bonds. The third-order valence-corrected chi connectivity index (χ3v) is 4.51. The first-order chi connectivity index (χ1) is 10.0. The van der Waals surface area contributed by atoms with Gasteiger partial charge < -0.3 is 14.5 Å². The molecule has 0 radical (unpaired) electrons. The first-order valence-corrected chi connectivity index (χ1v) is 7.62. The van der Waals surface area contributed by atoms with Gasteiger partial charge in [0.2, 0.25) is 0 Å². The van der Waals surface area contributed by atoms with Gasteiger partial charge in [0.25, 0.3) is 5.91 Å². The Hall–Kier alpha value is -1.55. The van der Waals surface area contributed by atoms with E-state index in [-0.39, 0.29) is 5.91 Å². The average molecular weight is 290 g/mol. The highest BCUT2D eigenvalue weighted by atomic mass is 16.5. The quantitative estimate of drug-likeness (QED) is 0.854. The van der Waals surface area contributed by atoms with E-state index >= 15 is 0 Å². The molecule has 0 bridgehead atoms. The molecule has 0 spiro atoms. The van der Waals surface area contributed by atoms with Crippen LogP contribution >= 0.6 is 0 Å².